The molecule has 36 heavy (non-hydrogen) atoms. The van der Waals surface area contributed by atoms with E-state index in [0.29, 0.717) is 23.5 Å². The van der Waals surface area contributed by atoms with Gasteiger partial charge in [0.25, 0.3) is 0 Å². The molecule has 1 spiro atoms. The molecule has 1 saturated carbocycles. The van der Waals surface area contributed by atoms with Gasteiger partial charge in [-0.1, -0.05) is 30.3 Å². The molecule has 2 aromatic carbocycles. The summed E-state index contributed by atoms with van der Waals surface area (Å²) in [6.45, 7) is 2.30. The van der Waals surface area contributed by atoms with Gasteiger partial charge in [0.05, 0.1) is 6.04 Å². The molecule has 1 saturated heterocycles. The fourth-order valence-corrected chi connectivity index (χ4v) is 7.42. The van der Waals surface area contributed by atoms with E-state index in [1.165, 1.54) is 13.0 Å². The molecule has 2 bridgehead atoms. The number of ether oxygens (including phenoxy) is 2. The van der Waals surface area contributed by atoms with Gasteiger partial charge in [0.15, 0.2) is 11.5 Å². The first kappa shape index (κ1) is 23.1. The first-order valence-corrected chi connectivity index (χ1v) is 12.8. The van der Waals surface area contributed by atoms with Gasteiger partial charge in [-0.15, -0.1) is 0 Å². The minimum absolute atomic E-state index is 0.00149. The number of hydrogen-bond acceptors (Lipinski definition) is 6. The highest BCUT2D eigenvalue weighted by molar-refractivity contribution is 5.92. The van der Waals surface area contributed by atoms with E-state index in [4.69, 9.17) is 9.47 Å². The third-order valence-electron chi connectivity index (χ3n) is 8.97. The number of piperidine rings is 1. The van der Waals surface area contributed by atoms with Crippen LogP contribution in [0, 0.1) is 5.92 Å². The van der Waals surface area contributed by atoms with Crippen molar-refractivity contribution in [1.82, 2.24) is 9.80 Å². The topological polar surface area (TPSA) is 79.3 Å². The van der Waals surface area contributed by atoms with E-state index in [1.54, 1.807) is 6.08 Å². The highest BCUT2D eigenvalue weighted by atomic mass is 16.5. The number of rotatable bonds is 4. The number of amides is 1. The Balaban J connectivity index is 1.40. The first-order chi connectivity index (χ1) is 17.3. The number of benzene rings is 2. The molecule has 4 aliphatic rings. The van der Waals surface area contributed by atoms with Crippen LogP contribution in [0.3, 0.4) is 0 Å². The summed E-state index contributed by atoms with van der Waals surface area (Å²) in [7, 11) is 4.02. The molecule has 7 nitrogen and oxygen atoms in total. The van der Waals surface area contributed by atoms with Gasteiger partial charge in [0.1, 0.15) is 11.9 Å². The van der Waals surface area contributed by atoms with Gasteiger partial charge in [-0.3, -0.25) is 9.59 Å². The lowest BCUT2D eigenvalue weighted by molar-refractivity contribution is -0.135. The number of esters is 1. The molecule has 7 heteroatoms. The van der Waals surface area contributed by atoms with Crippen molar-refractivity contribution in [1.29, 1.82) is 0 Å². The van der Waals surface area contributed by atoms with E-state index in [1.807, 2.05) is 48.4 Å². The van der Waals surface area contributed by atoms with Crippen molar-refractivity contribution >= 4 is 18.0 Å². The van der Waals surface area contributed by atoms with Crippen LogP contribution >= 0.6 is 0 Å². The Bertz CT molecular complexity index is 1260. The van der Waals surface area contributed by atoms with Gasteiger partial charge in [-0.2, -0.15) is 0 Å². The van der Waals surface area contributed by atoms with E-state index in [0.717, 1.165) is 48.9 Å². The number of aromatic hydroxyl groups is 1. The van der Waals surface area contributed by atoms with Crippen molar-refractivity contribution in [3.8, 4) is 17.2 Å². The Labute approximate surface area is 211 Å². The number of hydrogen-bond donors (Lipinski definition) is 1. The van der Waals surface area contributed by atoms with E-state index >= 15 is 0 Å². The third-order valence-corrected chi connectivity index (χ3v) is 8.97. The smallest absolute Gasteiger partial charge is 0.308 e. The lowest BCUT2D eigenvalue weighted by Crippen LogP contribution is -2.68. The molecule has 1 amide bonds. The highest BCUT2D eigenvalue weighted by Crippen LogP contribution is 2.65. The largest absolute Gasteiger partial charge is 0.504 e. The van der Waals surface area contributed by atoms with Crippen LogP contribution in [-0.2, 0) is 21.4 Å². The number of carbonyl (C=O) groups is 2. The van der Waals surface area contributed by atoms with Crippen LogP contribution in [0.15, 0.2) is 42.5 Å². The monoisotopic (exact) mass is 488 g/mol. The fourth-order valence-electron chi connectivity index (χ4n) is 7.42. The number of carbonyl (C=O) groups excluding carboxylic acids is 2. The molecule has 6 rings (SSSR count). The summed E-state index contributed by atoms with van der Waals surface area (Å²) in [6.07, 6.45) is 6.63. The average Bonchev–Trinajstić information content (AvgIpc) is 3.21. The summed E-state index contributed by atoms with van der Waals surface area (Å²) >= 11 is 0. The van der Waals surface area contributed by atoms with Crippen LogP contribution in [-0.4, -0.2) is 65.6 Å². The normalized spacial score (nSPS) is 30.0. The van der Waals surface area contributed by atoms with Crippen molar-refractivity contribution < 1.29 is 24.2 Å². The zero-order valence-electron chi connectivity index (χ0n) is 20.9. The van der Waals surface area contributed by atoms with Gasteiger partial charge in [0.2, 0.25) is 5.91 Å². The molecule has 0 aromatic heterocycles. The van der Waals surface area contributed by atoms with Crippen molar-refractivity contribution in [2.45, 2.75) is 56.2 Å². The van der Waals surface area contributed by atoms with Crippen LogP contribution in [0.5, 0.6) is 17.2 Å². The Morgan fingerprint density at radius 3 is 2.78 bits per heavy atom. The second kappa shape index (κ2) is 8.37. The zero-order valence-corrected chi connectivity index (χ0v) is 20.9. The standard InChI is InChI=1S/C29H32N2O5/c1-17(32)35-24-16-23(33)27-26-19(24)15-22-20-10-11-21(28(36-27)29(20,26)13-14-30(22)2)31(3)25(34)12-9-18-7-5-4-6-8-18/h4-9,12,16,20-22,28,33H,10-11,13-15H2,1-3H3/t20-,21-,22+,28-,29-/m0/s1. The molecule has 0 radical (unpaired) electrons. The minimum Gasteiger partial charge on any atom is -0.504 e. The summed E-state index contributed by atoms with van der Waals surface area (Å²) < 4.78 is 12.2. The van der Waals surface area contributed by atoms with Gasteiger partial charge in [0, 0.05) is 48.7 Å². The molecule has 2 fully saturated rings. The maximum absolute atomic E-state index is 13.3. The van der Waals surface area contributed by atoms with Crippen LogP contribution in [0.4, 0.5) is 0 Å². The molecule has 188 valence electrons. The molecule has 2 aliphatic heterocycles. The summed E-state index contributed by atoms with van der Waals surface area (Å²) in [5, 5.41) is 11.0. The Morgan fingerprint density at radius 1 is 1.25 bits per heavy atom. The van der Waals surface area contributed by atoms with Crippen molar-refractivity contribution in [2.75, 3.05) is 20.6 Å². The van der Waals surface area contributed by atoms with E-state index in [-0.39, 0.29) is 29.2 Å². The van der Waals surface area contributed by atoms with Crippen LogP contribution < -0.4 is 9.47 Å². The number of likely N-dealkylation sites (tertiary alicyclic amines) is 1. The molecule has 2 aliphatic carbocycles. The first-order valence-electron chi connectivity index (χ1n) is 12.8. The number of phenols is 1. The van der Waals surface area contributed by atoms with Crippen LogP contribution in [0.25, 0.3) is 6.08 Å². The summed E-state index contributed by atoms with van der Waals surface area (Å²) in [4.78, 5) is 29.4. The SMILES string of the molecule is CC(=O)Oc1cc(O)c2c3c1C[C@@H]1[C@@H]4CC[C@H](N(C)C(=O)C=Cc5ccccc5)[C@H](O2)[C@]34CCN1C. The second-order valence-corrected chi connectivity index (χ2v) is 10.7. The highest BCUT2D eigenvalue weighted by Gasteiger charge is 2.66. The molecular weight excluding hydrogens is 456 g/mol. The lowest BCUT2D eigenvalue weighted by atomic mass is 9.51. The molecule has 2 aromatic rings. The Kier molecular flexibility index (Phi) is 5.37. The predicted octanol–water partition coefficient (Wildman–Crippen LogP) is 3.53. The number of nitrogens with zero attached hydrogens (tertiary/aromatic N) is 2. The lowest BCUT2D eigenvalue weighted by Gasteiger charge is -2.59. The van der Waals surface area contributed by atoms with Gasteiger partial charge >= 0.3 is 5.97 Å². The molecule has 5 atom stereocenters. The van der Waals surface area contributed by atoms with Crippen molar-refractivity contribution in [2.24, 2.45) is 5.92 Å². The van der Waals surface area contributed by atoms with E-state index in [9.17, 15) is 14.7 Å². The summed E-state index contributed by atoms with van der Waals surface area (Å²) in [6, 6.07) is 11.5. The van der Waals surface area contributed by atoms with Crippen molar-refractivity contribution in [3.63, 3.8) is 0 Å². The number of phenolic OH excluding ortho intramolecular Hbond substituents is 1. The fraction of sp³-hybridized carbons (Fsp3) is 0.448. The maximum atomic E-state index is 13.3. The average molecular weight is 489 g/mol. The van der Waals surface area contributed by atoms with E-state index in [2.05, 4.69) is 11.9 Å². The summed E-state index contributed by atoms with van der Waals surface area (Å²) in [5.41, 5.74) is 2.62. The van der Waals surface area contributed by atoms with Gasteiger partial charge in [-0.05, 0) is 56.8 Å². The van der Waals surface area contributed by atoms with Crippen molar-refractivity contribution in [3.05, 3.63) is 59.2 Å². The maximum Gasteiger partial charge on any atom is 0.308 e. The van der Waals surface area contributed by atoms with Gasteiger partial charge < -0.3 is 24.4 Å². The summed E-state index contributed by atoms with van der Waals surface area (Å²) in [5.74, 6) is 0.813. The minimum atomic E-state index is -0.406. The molecular formula is C29H32N2O5. The van der Waals surface area contributed by atoms with Crippen LogP contribution in [0.1, 0.15) is 42.9 Å². The predicted molar refractivity (Wildman–Crippen MR) is 135 cm³/mol. The second-order valence-electron chi connectivity index (χ2n) is 10.7. The zero-order chi connectivity index (χ0) is 25.2. The third kappa shape index (κ3) is 3.29. The number of likely N-dealkylation sites (N-methyl/N-ethyl adjacent to an activating group) is 2. The van der Waals surface area contributed by atoms with Gasteiger partial charge in [-0.25, -0.2) is 0 Å². The van der Waals surface area contributed by atoms with Crippen LogP contribution in [0.2, 0.25) is 0 Å². The Hall–Kier alpha value is -3.32. The Morgan fingerprint density at radius 2 is 2.03 bits per heavy atom. The molecule has 2 heterocycles. The quantitative estimate of drug-likeness (QED) is 0.403. The van der Waals surface area contributed by atoms with E-state index < -0.39 is 5.97 Å². The molecule has 1 N–H and O–H groups in total. The molecule has 0 unspecified atom stereocenters.